The maximum atomic E-state index is 13.1. The zero-order valence-corrected chi connectivity index (χ0v) is 19.9. The highest BCUT2D eigenvalue weighted by Crippen LogP contribution is 2.40. The van der Waals surface area contributed by atoms with E-state index in [9.17, 15) is 28.7 Å². The topological polar surface area (TPSA) is 134 Å². The van der Waals surface area contributed by atoms with Gasteiger partial charge in [0.25, 0.3) is 11.5 Å². The van der Waals surface area contributed by atoms with Crippen molar-refractivity contribution in [3.63, 3.8) is 0 Å². The lowest BCUT2D eigenvalue weighted by Gasteiger charge is -2.32. The van der Waals surface area contributed by atoms with Crippen LogP contribution in [0.2, 0.25) is 0 Å². The number of likely N-dealkylation sites (N-methyl/N-ethyl adjacent to an activating group) is 1. The number of amides is 3. The molecular weight excluding hydrogens is 469 g/mol. The Hall–Kier alpha value is -3.76. The smallest absolute Gasteiger partial charge is 0.311 e. The number of fused-ring (bicyclic) bond motifs is 2. The molecule has 2 aromatic rings. The number of halogens is 1. The molecule has 0 spiro atoms. The second kappa shape index (κ2) is 9.36. The summed E-state index contributed by atoms with van der Waals surface area (Å²) < 4.78 is 14.5. The van der Waals surface area contributed by atoms with Gasteiger partial charge in [0.15, 0.2) is 5.69 Å². The number of benzene rings is 1. The normalized spacial score (nSPS) is 22.3. The lowest BCUT2D eigenvalue weighted by atomic mass is 9.79. The lowest BCUT2D eigenvalue weighted by molar-refractivity contribution is -0.145. The molecule has 11 heteroatoms. The molecule has 2 bridgehead atoms. The fourth-order valence-corrected chi connectivity index (χ4v) is 5.22. The molecule has 3 atom stereocenters. The zero-order chi connectivity index (χ0) is 25.6. The van der Waals surface area contributed by atoms with E-state index in [1.165, 1.54) is 33.7 Å². The second-order valence-corrected chi connectivity index (χ2v) is 9.90. The van der Waals surface area contributed by atoms with Crippen LogP contribution in [0.1, 0.15) is 59.9 Å². The quantitative estimate of drug-likeness (QED) is 0.529. The Morgan fingerprint density at radius 1 is 1.17 bits per heavy atom. The van der Waals surface area contributed by atoms with E-state index in [-0.39, 0.29) is 24.4 Å². The number of hydrogen-bond donors (Lipinski definition) is 3. The van der Waals surface area contributed by atoms with Gasteiger partial charge in [0, 0.05) is 38.1 Å². The van der Waals surface area contributed by atoms with Crippen LogP contribution in [0.25, 0.3) is 0 Å². The van der Waals surface area contributed by atoms with Gasteiger partial charge in [-0.15, -0.1) is 0 Å². The molecule has 4 aliphatic rings. The molecular formula is C25H28FN5O5. The van der Waals surface area contributed by atoms with Crippen molar-refractivity contribution >= 4 is 17.7 Å². The molecule has 10 nitrogen and oxygen atoms in total. The van der Waals surface area contributed by atoms with Gasteiger partial charge < -0.3 is 20.6 Å². The van der Waals surface area contributed by atoms with Crippen LogP contribution in [0.15, 0.2) is 29.1 Å². The molecule has 190 valence electrons. The van der Waals surface area contributed by atoms with Gasteiger partial charge in [-0.1, -0.05) is 12.1 Å². The van der Waals surface area contributed by atoms with Crippen LogP contribution < -0.4 is 16.2 Å². The second-order valence-electron chi connectivity index (χ2n) is 9.90. The Morgan fingerprint density at radius 3 is 2.58 bits per heavy atom. The van der Waals surface area contributed by atoms with Crippen LogP contribution in [-0.2, 0) is 22.7 Å². The third kappa shape index (κ3) is 4.57. The van der Waals surface area contributed by atoms with E-state index in [2.05, 4.69) is 15.6 Å². The summed E-state index contributed by atoms with van der Waals surface area (Å²) in [6, 6.07) is 5.25. The molecule has 6 rings (SSSR count). The van der Waals surface area contributed by atoms with Crippen molar-refractivity contribution in [2.24, 2.45) is 5.92 Å². The number of rotatable bonds is 5. The van der Waals surface area contributed by atoms with Gasteiger partial charge in [-0.25, -0.2) is 9.37 Å². The fraction of sp³-hybridized carbons (Fsp3) is 0.480. The Bertz CT molecular complexity index is 1270. The van der Waals surface area contributed by atoms with Crippen molar-refractivity contribution < 1.29 is 23.9 Å². The minimum absolute atomic E-state index is 0.0550. The molecule has 3 unspecified atom stereocenters. The maximum Gasteiger partial charge on any atom is 0.311 e. The summed E-state index contributed by atoms with van der Waals surface area (Å²) in [5.74, 6) is -3.17. The number of aromatic nitrogens is 2. The van der Waals surface area contributed by atoms with Crippen LogP contribution in [-0.4, -0.2) is 56.4 Å². The molecule has 1 aromatic heterocycles. The first-order valence-electron chi connectivity index (χ1n) is 12.2. The van der Waals surface area contributed by atoms with Crippen molar-refractivity contribution in [1.82, 2.24) is 25.1 Å². The van der Waals surface area contributed by atoms with Crippen molar-refractivity contribution in [2.75, 3.05) is 7.05 Å². The van der Waals surface area contributed by atoms with Crippen molar-refractivity contribution in [2.45, 2.75) is 63.2 Å². The molecule has 0 radical (unpaired) electrons. The van der Waals surface area contributed by atoms with Gasteiger partial charge in [0.05, 0.1) is 0 Å². The van der Waals surface area contributed by atoms with E-state index in [4.69, 9.17) is 0 Å². The van der Waals surface area contributed by atoms with Crippen molar-refractivity contribution in [3.05, 3.63) is 57.5 Å². The molecule has 0 saturated heterocycles. The highest BCUT2D eigenvalue weighted by Gasteiger charge is 2.42. The number of carbonyl (C=O) groups is 3. The van der Waals surface area contributed by atoms with Gasteiger partial charge in [-0.2, -0.15) is 0 Å². The fourth-order valence-electron chi connectivity index (χ4n) is 5.22. The molecule has 2 fully saturated rings. The van der Waals surface area contributed by atoms with E-state index in [1.54, 1.807) is 7.05 Å². The van der Waals surface area contributed by atoms with E-state index in [1.807, 2.05) is 0 Å². The lowest BCUT2D eigenvalue weighted by Crippen LogP contribution is -2.49. The Kier molecular flexibility index (Phi) is 6.23. The predicted octanol–water partition coefficient (Wildman–Crippen LogP) is 1.02. The Labute approximate surface area is 206 Å². The minimum Gasteiger partial charge on any atom is -0.501 e. The van der Waals surface area contributed by atoms with Crippen LogP contribution >= 0.6 is 0 Å². The summed E-state index contributed by atoms with van der Waals surface area (Å²) in [5, 5.41) is 16.0. The van der Waals surface area contributed by atoms with Crippen LogP contribution in [0.4, 0.5) is 4.39 Å². The van der Waals surface area contributed by atoms with E-state index >= 15 is 0 Å². The Morgan fingerprint density at radius 2 is 1.89 bits per heavy atom. The predicted molar refractivity (Wildman–Crippen MR) is 126 cm³/mol. The number of nitrogens with one attached hydrogen (secondary N) is 2. The van der Waals surface area contributed by atoms with Gasteiger partial charge in [-0.3, -0.25) is 23.7 Å². The average molecular weight is 498 g/mol. The largest absolute Gasteiger partial charge is 0.501 e. The van der Waals surface area contributed by atoms with Gasteiger partial charge in [-0.05, 0) is 55.7 Å². The molecule has 2 aliphatic carbocycles. The van der Waals surface area contributed by atoms with E-state index < -0.39 is 46.6 Å². The highest BCUT2D eigenvalue weighted by molar-refractivity contribution is 6.35. The molecule has 36 heavy (non-hydrogen) atoms. The Balaban J connectivity index is 1.38. The standard InChI is InChI=1S/C25H28FN5O5/c1-30(16-7-8-16)25(36)23(34)28-18-10-14-4-9-17(18)21-29-19(20(32)24(35)31(21)12-14)22(33)27-11-13-2-5-15(26)6-3-13/h2-3,5-6,14,16-18,32H,4,7-12H2,1H3,(H,27,33)(H,28,34). The van der Waals surface area contributed by atoms with E-state index in [0.29, 0.717) is 30.8 Å². The SMILES string of the molecule is CN(C(=O)C(=O)NC1CC2CCC1c1nc(C(=O)NCc3ccc(F)cc3)c(O)c(=O)n1C2)C1CC1. The monoisotopic (exact) mass is 497 g/mol. The van der Waals surface area contributed by atoms with Crippen LogP contribution in [0.5, 0.6) is 5.75 Å². The molecule has 3 heterocycles. The highest BCUT2D eigenvalue weighted by atomic mass is 19.1. The molecule has 3 amide bonds. The number of carbonyl (C=O) groups excluding carboxylic acids is 3. The van der Waals surface area contributed by atoms with Crippen LogP contribution in [0.3, 0.4) is 0 Å². The summed E-state index contributed by atoms with van der Waals surface area (Å²) in [6.07, 6.45) is 3.75. The average Bonchev–Trinajstić information content (AvgIpc) is 3.73. The van der Waals surface area contributed by atoms with E-state index in [0.717, 1.165) is 19.3 Å². The third-order valence-corrected chi connectivity index (χ3v) is 7.41. The molecule has 1 aromatic carbocycles. The molecule has 2 aliphatic heterocycles. The third-order valence-electron chi connectivity index (χ3n) is 7.41. The maximum absolute atomic E-state index is 13.1. The van der Waals surface area contributed by atoms with Crippen molar-refractivity contribution in [1.29, 1.82) is 0 Å². The first kappa shape index (κ1) is 24.0. The van der Waals surface area contributed by atoms with Gasteiger partial charge in [0.1, 0.15) is 11.6 Å². The summed E-state index contributed by atoms with van der Waals surface area (Å²) in [6.45, 7) is 0.366. The minimum atomic E-state index is -0.738. The summed E-state index contributed by atoms with van der Waals surface area (Å²) >= 11 is 0. The van der Waals surface area contributed by atoms with Crippen LogP contribution in [0, 0.1) is 11.7 Å². The number of hydrogen-bond acceptors (Lipinski definition) is 6. The van der Waals surface area contributed by atoms with Crippen molar-refractivity contribution in [3.8, 4) is 5.75 Å². The molecule has 2 saturated carbocycles. The van der Waals surface area contributed by atoms with Gasteiger partial charge >= 0.3 is 11.8 Å². The summed E-state index contributed by atoms with van der Waals surface area (Å²) in [7, 11) is 1.62. The summed E-state index contributed by atoms with van der Waals surface area (Å²) in [5.41, 5.74) is -0.466. The first-order valence-corrected chi connectivity index (χ1v) is 12.2. The number of nitrogens with zero attached hydrogens (tertiary/aromatic N) is 3. The summed E-state index contributed by atoms with van der Waals surface area (Å²) in [4.78, 5) is 57.0. The zero-order valence-electron chi connectivity index (χ0n) is 19.9. The number of aromatic hydroxyl groups is 1. The van der Waals surface area contributed by atoms with Gasteiger partial charge in [0.2, 0.25) is 5.75 Å². The first-order chi connectivity index (χ1) is 17.2. The molecule has 3 N–H and O–H groups in total.